The predicted molar refractivity (Wildman–Crippen MR) is 101 cm³/mol. The summed E-state index contributed by atoms with van der Waals surface area (Å²) in [4.78, 5) is 34.8. The average molecular weight is 371 g/mol. The Labute approximate surface area is 156 Å². The van der Waals surface area contributed by atoms with Crippen molar-refractivity contribution in [1.29, 1.82) is 0 Å². The maximum Gasteiger partial charge on any atom is 0.258 e. The Kier molecular flexibility index (Phi) is 7.18. The molecule has 2 aromatic carbocycles. The van der Waals surface area contributed by atoms with Crippen molar-refractivity contribution in [2.75, 3.05) is 30.9 Å². The van der Waals surface area contributed by atoms with E-state index >= 15 is 0 Å². The molecular weight excluding hydrogens is 350 g/mol. The molecule has 0 aliphatic rings. The molecule has 0 aliphatic heterocycles. The topological polar surface area (TPSA) is 106 Å². The molecule has 0 unspecified atom stereocenters. The summed E-state index contributed by atoms with van der Waals surface area (Å²) in [5.41, 5.74) is 1.08. The Morgan fingerprint density at radius 3 is 2.15 bits per heavy atom. The first-order valence-corrected chi connectivity index (χ1v) is 8.17. The molecule has 142 valence electrons. The van der Waals surface area contributed by atoms with Crippen LogP contribution in [-0.2, 0) is 14.4 Å². The molecule has 0 heterocycles. The van der Waals surface area contributed by atoms with Crippen LogP contribution in [0.25, 0.3) is 0 Å². The summed E-state index contributed by atoms with van der Waals surface area (Å²) in [6.07, 6.45) is 0. The predicted octanol–water partition coefficient (Wildman–Crippen LogP) is 1.79. The van der Waals surface area contributed by atoms with E-state index in [0.29, 0.717) is 22.9 Å². The van der Waals surface area contributed by atoms with Gasteiger partial charge in [0, 0.05) is 18.3 Å². The zero-order chi connectivity index (χ0) is 19.6. The standard InChI is InChI=1S/C19H21N3O5/c1-13(23)21-14-4-3-5-15(10-14)22-18(24)11-20-19(25)12-27-17-8-6-16(26-2)7-9-17/h3-10H,11-12H2,1-2H3,(H,20,25)(H,21,23)(H,22,24). The molecule has 8 heteroatoms. The Balaban J connectivity index is 1.74. The van der Waals surface area contributed by atoms with Crippen LogP contribution < -0.4 is 25.4 Å². The summed E-state index contributed by atoms with van der Waals surface area (Å²) >= 11 is 0. The molecule has 27 heavy (non-hydrogen) atoms. The molecule has 2 aromatic rings. The van der Waals surface area contributed by atoms with E-state index in [-0.39, 0.29) is 19.1 Å². The van der Waals surface area contributed by atoms with Crippen LogP contribution in [0.4, 0.5) is 11.4 Å². The van der Waals surface area contributed by atoms with E-state index < -0.39 is 11.8 Å². The van der Waals surface area contributed by atoms with Gasteiger partial charge in [-0.2, -0.15) is 0 Å². The van der Waals surface area contributed by atoms with Gasteiger partial charge in [0.1, 0.15) is 11.5 Å². The maximum atomic E-state index is 11.9. The summed E-state index contributed by atoms with van der Waals surface area (Å²) in [5, 5.41) is 7.73. The van der Waals surface area contributed by atoms with Crippen LogP contribution >= 0.6 is 0 Å². The molecule has 0 radical (unpaired) electrons. The summed E-state index contributed by atoms with van der Waals surface area (Å²) in [6, 6.07) is 13.5. The van der Waals surface area contributed by atoms with Crippen LogP contribution in [0, 0.1) is 0 Å². The molecule has 0 bridgehead atoms. The lowest BCUT2D eigenvalue weighted by molar-refractivity contribution is -0.125. The average Bonchev–Trinajstić information content (AvgIpc) is 2.65. The normalized spacial score (nSPS) is 9.85. The number of anilines is 2. The number of benzene rings is 2. The fourth-order valence-corrected chi connectivity index (χ4v) is 2.13. The van der Waals surface area contributed by atoms with Crippen LogP contribution in [-0.4, -0.2) is 38.0 Å². The minimum Gasteiger partial charge on any atom is -0.497 e. The van der Waals surface area contributed by atoms with E-state index in [4.69, 9.17) is 9.47 Å². The highest BCUT2D eigenvalue weighted by molar-refractivity contribution is 5.96. The lowest BCUT2D eigenvalue weighted by Gasteiger charge is -2.10. The highest BCUT2D eigenvalue weighted by Crippen LogP contribution is 2.17. The Hall–Kier alpha value is -3.55. The molecular formula is C19H21N3O5. The van der Waals surface area contributed by atoms with Crippen molar-refractivity contribution < 1.29 is 23.9 Å². The fraction of sp³-hybridized carbons (Fsp3) is 0.211. The van der Waals surface area contributed by atoms with Gasteiger partial charge in [-0.25, -0.2) is 0 Å². The minimum absolute atomic E-state index is 0.199. The van der Waals surface area contributed by atoms with Crippen molar-refractivity contribution >= 4 is 29.1 Å². The fourth-order valence-electron chi connectivity index (χ4n) is 2.13. The summed E-state index contributed by atoms with van der Waals surface area (Å²) in [5.74, 6) is 0.180. The van der Waals surface area contributed by atoms with Crippen LogP contribution in [0.1, 0.15) is 6.92 Å². The molecule has 2 rings (SSSR count). The SMILES string of the molecule is COc1ccc(OCC(=O)NCC(=O)Nc2cccc(NC(C)=O)c2)cc1. The zero-order valence-corrected chi connectivity index (χ0v) is 15.1. The van der Waals surface area contributed by atoms with Gasteiger partial charge < -0.3 is 25.4 Å². The molecule has 8 nitrogen and oxygen atoms in total. The molecule has 0 saturated carbocycles. The molecule has 0 fully saturated rings. The van der Waals surface area contributed by atoms with E-state index in [1.807, 2.05) is 0 Å². The Bertz CT molecular complexity index is 805. The van der Waals surface area contributed by atoms with Crippen molar-refractivity contribution in [2.45, 2.75) is 6.92 Å². The Morgan fingerprint density at radius 1 is 0.889 bits per heavy atom. The molecule has 0 aliphatic carbocycles. The van der Waals surface area contributed by atoms with E-state index in [1.54, 1.807) is 55.6 Å². The van der Waals surface area contributed by atoms with Crippen LogP contribution in [0.15, 0.2) is 48.5 Å². The van der Waals surface area contributed by atoms with Gasteiger partial charge in [-0.3, -0.25) is 14.4 Å². The number of amides is 3. The second kappa shape index (κ2) is 9.81. The third kappa shape index (κ3) is 7.07. The number of carbonyl (C=O) groups excluding carboxylic acids is 3. The molecule has 0 aromatic heterocycles. The van der Waals surface area contributed by atoms with Crippen molar-refractivity contribution in [1.82, 2.24) is 5.32 Å². The van der Waals surface area contributed by atoms with Crippen molar-refractivity contribution in [3.8, 4) is 11.5 Å². The minimum atomic E-state index is -0.423. The number of carbonyl (C=O) groups is 3. The summed E-state index contributed by atoms with van der Waals surface area (Å²) < 4.78 is 10.4. The first-order valence-electron chi connectivity index (χ1n) is 8.17. The third-order valence-corrected chi connectivity index (χ3v) is 3.34. The van der Waals surface area contributed by atoms with Crippen LogP contribution in [0.3, 0.4) is 0 Å². The van der Waals surface area contributed by atoms with Gasteiger partial charge >= 0.3 is 0 Å². The second-order valence-corrected chi connectivity index (χ2v) is 5.55. The zero-order valence-electron chi connectivity index (χ0n) is 15.1. The van der Waals surface area contributed by atoms with Gasteiger partial charge in [0.25, 0.3) is 5.91 Å². The largest absolute Gasteiger partial charge is 0.497 e. The van der Waals surface area contributed by atoms with Crippen molar-refractivity contribution in [2.24, 2.45) is 0 Å². The Morgan fingerprint density at radius 2 is 1.52 bits per heavy atom. The highest BCUT2D eigenvalue weighted by atomic mass is 16.5. The number of methoxy groups -OCH3 is 1. The molecule has 0 saturated heterocycles. The van der Waals surface area contributed by atoms with Crippen LogP contribution in [0.5, 0.6) is 11.5 Å². The highest BCUT2D eigenvalue weighted by Gasteiger charge is 2.08. The van der Waals surface area contributed by atoms with Gasteiger partial charge in [-0.15, -0.1) is 0 Å². The number of hydrogen-bond acceptors (Lipinski definition) is 5. The van der Waals surface area contributed by atoms with Gasteiger partial charge in [0.05, 0.1) is 13.7 Å². The molecule has 0 atom stereocenters. The smallest absolute Gasteiger partial charge is 0.258 e. The monoisotopic (exact) mass is 371 g/mol. The number of rotatable bonds is 8. The van der Waals surface area contributed by atoms with Crippen LogP contribution in [0.2, 0.25) is 0 Å². The van der Waals surface area contributed by atoms with E-state index in [1.165, 1.54) is 6.92 Å². The van der Waals surface area contributed by atoms with Gasteiger partial charge in [0.2, 0.25) is 11.8 Å². The third-order valence-electron chi connectivity index (χ3n) is 3.34. The number of nitrogens with one attached hydrogen (secondary N) is 3. The van der Waals surface area contributed by atoms with E-state index in [0.717, 1.165) is 0 Å². The van der Waals surface area contributed by atoms with E-state index in [2.05, 4.69) is 16.0 Å². The first kappa shape index (κ1) is 19.8. The van der Waals surface area contributed by atoms with Gasteiger partial charge in [0.15, 0.2) is 6.61 Å². The summed E-state index contributed by atoms with van der Waals surface area (Å²) in [6.45, 7) is 0.988. The maximum absolute atomic E-state index is 11.9. The number of hydrogen-bond donors (Lipinski definition) is 3. The van der Waals surface area contributed by atoms with Crippen molar-refractivity contribution in [3.05, 3.63) is 48.5 Å². The lowest BCUT2D eigenvalue weighted by Crippen LogP contribution is -2.35. The lowest BCUT2D eigenvalue weighted by atomic mass is 10.2. The van der Waals surface area contributed by atoms with Crippen molar-refractivity contribution in [3.63, 3.8) is 0 Å². The summed E-state index contributed by atoms with van der Waals surface area (Å²) in [7, 11) is 1.56. The molecule has 3 N–H and O–H groups in total. The van der Waals surface area contributed by atoms with Gasteiger partial charge in [-0.1, -0.05) is 6.07 Å². The molecule has 0 spiro atoms. The molecule has 3 amide bonds. The quantitative estimate of drug-likeness (QED) is 0.656. The number of ether oxygens (including phenoxy) is 2. The first-order chi connectivity index (χ1) is 13.0. The van der Waals surface area contributed by atoms with E-state index in [9.17, 15) is 14.4 Å². The second-order valence-electron chi connectivity index (χ2n) is 5.55. The van der Waals surface area contributed by atoms with Gasteiger partial charge in [-0.05, 0) is 42.5 Å².